The summed E-state index contributed by atoms with van der Waals surface area (Å²) in [6, 6.07) is -1.03. The number of ether oxygens (including phenoxy) is 1. The predicted octanol–water partition coefficient (Wildman–Crippen LogP) is 1.81. The Hall–Kier alpha value is -1.31. The number of carboxylic acids is 1. The monoisotopic (exact) mass is 297 g/mol. The van der Waals surface area contributed by atoms with Crippen molar-refractivity contribution in [1.29, 1.82) is 0 Å². The van der Waals surface area contributed by atoms with Gasteiger partial charge in [-0.2, -0.15) is 13.2 Å². The van der Waals surface area contributed by atoms with E-state index >= 15 is 0 Å². The van der Waals surface area contributed by atoms with Crippen LogP contribution in [0.15, 0.2) is 0 Å². The van der Waals surface area contributed by atoms with Crippen LogP contribution < -0.4 is 0 Å². The van der Waals surface area contributed by atoms with E-state index in [2.05, 4.69) is 0 Å². The predicted molar refractivity (Wildman–Crippen MR) is 63.1 cm³/mol. The van der Waals surface area contributed by atoms with Gasteiger partial charge in [0.2, 0.25) is 5.91 Å². The molecule has 1 heterocycles. The van der Waals surface area contributed by atoms with Crippen LogP contribution in [0.5, 0.6) is 0 Å². The molecule has 1 rings (SSSR count). The van der Waals surface area contributed by atoms with Gasteiger partial charge in [0.1, 0.15) is 6.04 Å². The maximum Gasteiger partial charge on any atom is 0.415 e. The standard InChI is InChI=1S/C12H18F3NO4/c1-7(2)20-9(12(13,14)15)6-10(17)16-5-3-4-8(16)11(18)19/h7-9H,3-6H2,1-2H3,(H,18,19)/t8-,9?/m0/s1. The molecule has 8 heteroatoms. The van der Waals surface area contributed by atoms with Crippen LogP contribution in [0.3, 0.4) is 0 Å². The maximum absolute atomic E-state index is 12.8. The van der Waals surface area contributed by atoms with Crippen molar-refractivity contribution in [1.82, 2.24) is 4.90 Å². The summed E-state index contributed by atoms with van der Waals surface area (Å²) in [5.74, 6) is -2.03. The molecule has 0 bridgehead atoms. The number of likely N-dealkylation sites (tertiary alicyclic amines) is 1. The summed E-state index contributed by atoms with van der Waals surface area (Å²) in [7, 11) is 0. The third-order valence-electron chi connectivity index (χ3n) is 3.02. The molecule has 0 spiro atoms. The number of carbonyl (C=O) groups excluding carboxylic acids is 1. The van der Waals surface area contributed by atoms with Crippen molar-refractivity contribution < 1.29 is 32.6 Å². The molecule has 5 nitrogen and oxygen atoms in total. The normalized spacial score (nSPS) is 21.3. The number of nitrogens with zero attached hydrogens (tertiary/aromatic N) is 1. The minimum Gasteiger partial charge on any atom is -0.480 e. The summed E-state index contributed by atoms with van der Waals surface area (Å²) >= 11 is 0. The van der Waals surface area contributed by atoms with Crippen molar-refractivity contribution in [3.8, 4) is 0 Å². The molecule has 1 N–H and O–H groups in total. The quantitative estimate of drug-likeness (QED) is 0.840. The van der Waals surface area contributed by atoms with Crippen molar-refractivity contribution in [2.24, 2.45) is 0 Å². The van der Waals surface area contributed by atoms with Crippen LogP contribution in [-0.2, 0) is 14.3 Å². The Labute approximate surface area is 114 Å². The number of carbonyl (C=O) groups is 2. The van der Waals surface area contributed by atoms with Crippen molar-refractivity contribution in [3.63, 3.8) is 0 Å². The van der Waals surface area contributed by atoms with Gasteiger partial charge in [-0.3, -0.25) is 4.79 Å². The summed E-state index contributed by atoms with van der Waals surface area (Å²) in [5.41, 5.74) is 0. The Kier molecular flexibility index (Phi) is 5.38. The van der Waals surface area contributed by atoms with Crippen molar-refractivity contribution in [3.05, 3.63) is 0 Å². The number of rotatable bonds is 5. The highest BCUT2D eigenvalue weighted by Gasteiger charge is 2.44. The van der Waals surface area contributed by atoms with Crippen LogP contribution in [0.2, 0.25) is 0 Å². The van der Waals surface area contributed by atoms with E-state index < -0.39 is 42.7 Å². The van der Waals surface area contributed by atoms with Gasteiger partial charge in [-0.25, -0.2) is 4.79 Å². The van der Waals surface area contributed by atoms with E-state index in [0.717, 1.165) is 4.90 Å². The summed E-state index contributed by atoms with van der Waals surface area (Å²) in [5, 5.41) is 8.92. The second-order valence-corrected chi connectivity index (χ2v) is 5.00. The topological polar surface area (TPSA) is 66.8 Å². The lowest BCUT2D eigenvalue weighted by Gasteiger charge is -2.26. The van der Waals surface area contributed by atoms with Gasteiger partial charge in [0, 0.05) is 6.54 Å². The molecule has 1 aliphatic rings. The minimum absolute atomic E-state index is 0.169. The lowest BCUT2D eigenvalue weighted by Crippen LogP contribution is -2.44. The lowest BCUT2D eigenvalue weighted by atomic mass is 10.2. The van der Waals surface area contributed by atoms with Gasteiger partial charge in [-0.1, -0.05) is 0 Å². The summed E-state index contributed by atoms with van der Waals surface area (Å²) in [6.45, 7) is 3.06. The highest BCUT2D eigenvalue weighted by molar-refractivity contribution is 5.84. The van der Waals surface area contributed by atoms with E-state index in [0.29, 0.717) is 6.42 Å². The zero-order valence-corrected chi connectivity index (χ0v) is 11.3. The molecule has 1 saturated heterocycles. The van der Waals surface area contributed by atoms with E-state index in [1.165, 1.54) is 13.8 Å². The molecule has 116 valence electrons. The molecule has 1 fully saturated rings. The van der Waals surface area contributed by atoms with Crippen LogP contribution in [0, 0.1) is 0 Å². The van der Waals surface area contributed by atoms with Crippen molar-refractivity contribution in [2.75, 3.05) is 6.54 Å². The number of hydrogen-bond donors (Lipinski definition) is 1. The Morgan fingerprint density at radius 1 is 1.40 bits per heavy atom. The third-order valence-corrected chi connectivity index (χ3v) is 3.02. The molecular weight excluding hydrogens is 279 g/mol. The molecule has 20 heavy (non-hydrogen) atoms. The molecule has 2 atom stereocenters. The van der Waals surface area contributed by atoms with Crippen LogP contribution in [0.25, 0.3) is 0 Å². The summed E-state index contributed by atoms with van der Waals surface area (Å²) in [4.78, 5) is 23.8. The number of carboxylic acid groups (broad SMARTS) is 1. The highest BCUT2D eigenvalue weighted by Crippen LogP contribution is 2.28. The first-order valence-corrected chi connectivity index (χ1v) is 6.37. The Bertz CT molecular complexity index is 370. The molecule has 1 unspecified atom stereocenters. The average Bonchev–Trinajstić information content (AvgIpc) is 2.74. The first-order valence-electron chi connectivity index (χ1n) is 6.37. The Balaban J connectivity index is 2.73. The Morgan fingerprint density at radius 3 is 2.45 bits per heavy atom. The van der Waals surface area contributed by atoms with E-state index in [4.69, 9.17) is 9.84 Å². The fourth-order valence-electron chi connectivity index (χ4n) is 2.17. The Morgan fingerprint density at radius 2 is 2.00 bits per heavy atom. The number of hydrogen-bond acceptors (Lipinski definition) is 3. The summed E-state index contributed by atoms with van der Waals surface area (Å²) < 4.78 is 43.0. The zero-order valence-electron chi connectivity index (χ0n) is 11.3. The lowest BCUT2D eigenvalue weighted by molar-refractivity contribution is -0.231. The van der Waals surface area contributed by atoms with Crippen molar-refractivity contribution in [2.45, 2.75) is 57.5 Å². The van der Waals surface area contributed by atoms with Crippen LogP contribution in [0.1, 0.15) is 33.1 Å². The molecule has 1 aliphatic heterocycles. The molecule has 1 amide bonds. The molecule has 0 aromatic carbocycles. The van der Waals surface area contributed by atoms with E-state index in [1.54, 1.807) is 0 Å². The average molecular weight is 297 g/mol. The van der Waals surface area contributed by atoms with E-state index in [1.807, 2.05) is 0 Å². The van der Waals surface area contributed by atoms with Gasteiger partial charge in [0.15, 0.2) is 6.10 Å². The van der Waals surface area contributed by atoms with Crippen LogP contribution in [-0.4, -0.2) is 52.9 Å². The highest BCUT2D eigenvalue weighted by atomic mass is 19.4. The first kappa shape index (κ1) is 16.7. The number of aliphatic carboxylic acids is 1. The molecule has 0 radical (unpaired) electrons. The molecular formula is C12H18F3NO4. The first-order chi connectivity index (χ1) is 9.12. The SMILES string of the molecule is CC(C)OC(CC(=O)N1CCC[C@H]1C(=O)O)C(F)(F)F. The zero-order chi connectivity index (χ0) is 15.5. The molecule has 0 aromatic rings. The number of alkyl halides is 3. The van der Waals surface area contributed by atoms with Gasteiger partial charge in [0.05, 0.1) is 12.5 Å². The third kappa shape index (κ3) is 4.36. The van der Waals surface area contributed by atoms with Gasteiger partial charge in [0.25, 0.3) is 0 Å². The van der Waals surface area contributed by atoms with Crippen LogP contribution >= 0.6 is 0 Å². The fraction of sp³-hybridized carbons (Fsp3) is 0.833. The summed E-state index contributed by atoms with van der Waals surface area (Å²) in [6.07, 6.45) is -7.68. The smallest absolute Gasteiger partial charge is 0.415 e. The fourth-order valence-corrected chi connectivity index (χ4v) is 2.17. The van der Waals surface area contributed by atoms with Gasteiger partial charge >= 0.3 is 12.1 Å². The number of halogens is 3. The molecule has 0 aliphatic carbocycles. The molecule has 0 saturated carbocycles. The van der Waals surface area contributed by atoms with Gasteiger partial charge < -0.3 is 14.7 Å². The molecule has 0 aromatic heterocycles. The van der Waals surface area contributed by atoms with E-state index in [-0.39, 0.29) is 13.0 Å². The van der Waals surface area contributed by atoms with Gasteiger partial charge in [-0.15, -0.1) is 0 Å². The maximum atomic E-state index is 12.8. The minimum atomic E-state index is -4.65. The van der Waals surface area contributed by atoms with Crippen LogP contribution in [0.4, 0.5) is 13.2 Å². The second-order valence-electron chi connectivity index (χ2n) is 5.00. The largest absolute Gasteiger partial charge is 0.480 e. The van der Waals surface area contributed by atoms with E-state index in [9.17, 15) is 22.8 Å². The second kappa shape index (κ2) is 6.43. The van der Waals surface area contributed by atoms with Crippen molar-refractivity contribution >= 4 is 11.9 Å². The number of amides is 1. The van der Waals surface area contributed by atoms with Gasteiger partial charge in [-0.05, 0) is 26.7 Å².